The maximum absolute atomic E-state index is 13.3. The average molecular weight is 380 g/mol. The first kappa shape index (κ1) is 18.8. The van der Waals surface area contributed by atoms with Crippen molar-refractivity contribution in [1.29, 1.82) is 0 Å². The fraction of sp³-hybridized carbons (Fsp3) is 0.435. The van der Waals surface area contributed by atoms with Crippen molar-refractivity contribution in [3.8, 4) is 5.75 Å². The molecule has 2 aliphatic rings. The number of amides is 1. The lowest BCUT2D eigenvalue weighted by Gasteiger charge is -2.39. The van der Waals surface area contributed by atoms with Gasteiger partial charge in [-0.1, -0.05) is 31.2 Å². The average Bonchev–Trinajstić information content (AvgIpc) is 3.23. The minimum Gasteiger partial charge on any atom is -0.491 e. The van der Waals surface area contributed by atoms with E-state index in [0.717, 1.165) is 42.9 Å². The van der Waals surface area contributed by atoms with Crippen LogP contribution >= 0.6 is 0 Å². The molecular formula is C23H28N2O3. The molecular weight excluding hydrogens is 352 g/mol. The number of hydrogen-bond acceptors (Lipinski definition) is 4. The van der Waals surface area contributed by atoms with E-state index in [-0.39, 0.29) is 24.3 Å². The zero-order valence-corrected chi connectivity index (χ0v) is 16.6. The summed E-state index contributed by atoms with van der Waals surface area (Å²) in [5.41, 5.74) is 2.60. The molecule has 148 valence electrons. The Morgan fingerprint density at radius 3 is 2.89 bits per heavy atom. The van der Waals surface area contributed by atoms with Crippen LogP contribution in [0.5, 0.6) is 5.75 Å². The normalized spacial score (nSPS) is 22.5. The lowest BCUT2D eigenvalue weighted by Crippen LogP contribution is -2.46. The highest BCUT2D eigenvalue weighted by Gasteiger charge is 2.35. The molecule has 1 N–H and O–H groups in total. The Kier molecular flexibility index (Phi) is 5.53. The van der Waals surface area contributed by atoms with E-state index in [9.17, 15) is 4.79 Å². The Balaban J connectivity index is 1.66. The molecule has 5 nitrogen and oxygen atoms in total. The quantitative estimate of drug-likeness (QED) is 0.795. The molecule has 0 aliphatic carbocycles. The van der Waals surface area contributed by atoms with Crippen molar-refractivity contribution >= 4 is 11.6 Å². The van der Waals surface area contributed by atoms with Crippen molar-refractivity contribution in [3.63, 3.8) is 0 Å². The molecule has 1 fully saturated rings. The molecule has 4 rings (SSSR count). The number of carbonyl (C=O) groups is 1. The van der Waals surface area contributed by atoms with E-state index in [1.807, 2.05) is 53.4 Å². The Morgan fingerprint density at radius 1 is 1.25 bits per heavy atom. The lowest BCUT2D eigenvalue weighted by molar-refractivity contribution is 0.0426. The van der Waals surface area contributed by atoms with Gasteiger partial charge in [-0.3, -0.25) is 4.79 Å². The third-order valence-corrected chi connectivity index (χ3v) is 5.53. The molecule has 2 aromatic rings. The van der Waals surface area contributed by atoms with E-state index in [0.29, 0.717) is 12.1 Å². The number of rotatable bonds is 6. The molecule has 1 amide bonds. The second kappa shape index (κ2) is 8.23. The van der Waals surface area contributed by atoms with E-state index >= 15 is 0 Å². The van der Waals surface area contributed by atoms with Gasteiger partial charge in [-0.05, 0) is 56.0 Å². The van der Waals surface area contributed by atoms with Crippen LogP contribution in [0.3, 0.4) is 0 Å². The van der Waals surface area contributed by atoms with Gasteiger partial charge in [0.1, 0.15) is 11.9 Å². The summed E-state index contributed by atoms with van der Waals surface area (Å²) >= 11 is 0. The second-order valence-corrected chi connectivity index (χ2v) is 7.59. The molecule has 3 unspecified atom stereocenters. The van der Waals surface area contributed by atoms with E-state index < -0.39 is 0 Å². The Bertz CT molecular complexity index is 832. The van der Waals surface area contributed by atoms with Crippen LogP contribution < -0.4 is 10.1 Å². The zero-order chi connectivity index (χ0) is 19.5. The van der Waals surface area contributed by atoms with Gasteiger partial charge in [0.05, 0.1) is 17.8 Å². The van der Waals surface area contributed by atoms with Crippen LogP contribution in [0.4, 0.5) is 5.69 Å². The second-order valence-electron chi connectivity index (χ2n) is 7.59. The molecule has 0 saturated carbocycles. The van der Waals surface area contributed by atoms with E-state index in [1.54, 1.807) is 0 Å². The number of nitrogens with one attached hydrogen (secondary N) is 1. The summed E-state index contributed by atoms with van der Waals surface area (Å²) in [6.45, 7) is 5.53. The summed E-state index contributed by atoms with van der Waals surface area (Å²) < 4.78 is 11.8. The molecule has 0 bridgehead atoms. The van der Waals surface area contributed by atoms with Crippen molar-refractivity contribution in [1.82, 2.24) is 4.90 Å². The van der Waals surface area contributed by atoms with Gasteiger partial charge in [-0.15, -0.1) is 0 Å². The van der Waals surface area contributed by atoms with Crippen molar-refractivity contribution in [3.05, 3.63) is 59.7 Å². The van der Waals surface area contributed by atoms with Gasteiger partial charge in [-0.25, -0.2) is 0 Å². The van der Waals surface area contributed by atoms with Gasteiger partial charge in [0.2, 0.25) is 0 Å². The number of para-hydroxylation sites is 1. The Labute approximate surface area is 166 Å². The molecule has 0 aromatic heterocycles. The van der Waals surface area contributed by atoms with Crippen LogP contribution in [0.15, 0.2) is 48.5 Å². The number of nitrogens with zero attached hydrogens (tertiary/aromatic N) is 1. The highest BCUT2D eigenvalue weighted by Crippen LogP contribution is 2.35. The van der Waals surface area contributed by atoms with Crippen molar-refractivity contribution in [2.24, 2.45) is 0 Å². The zero-order valence-electron chi connectivity index (χ0n) is 16.6. The molecule has 2 aliphatic heterocycles. The van der Waals surface area contributed by atoms with Crippen LogP contribution in [0.2, 0.25) is 0 Å². The smallest absolute Gasteiger partial charge is 0.257 e. The SMILES string of the molecule is CCC(C)Oc1cccc(C2Nc3ccccc3C(=O)N2CC2CCCO2)c1. The number of fused-ring (bicyclic) bond motifs is 1. The molecule has 5 heteroatoms. The topological polar surface area (TPSA) is 50.8 Å². The third kappa shape index (κ3) is 3.85. The van der Waals surface area contributed by atoms with Gasteiger partial charge in [0.15, 0.2) is 0 Å². The maximum atomic E-state index is 13.3. The molecule has 2 heterocycles. The van der Waals surface area contributed by atoms with Gasteiger partial charge in [0, 0.05) is 18.8 Å². The largest absolute Gasteiger partial charge is 0.491 e. The lowest BCUT2D eigenvalue weighted by atomic mass is 10.0. The minimum absolute atomic E-state index is 0.0445. The predicted molar refractivity (Wildman–Crippen MR) is 110 cm³/mol. The highest BCUT2D eigenvalue weighted by molar-refractivity contribution is 6.01. The molecule has 1 saturated heterocycles. The first-order valence-corrected chi connectivity index (χ1v) is 10.2. The van der Waals surface area contributed by atoms with Crippen LogP contribution in [0.25, 0.3) is 0 Å². The summed E-state index contributed by atoms with van der Waals surface area (Å²) in [4.78, 5) is 15.2. The first-order chi connectivity index (χ1) is 13.7. The van der Waals surface area contributed by atoms with Crippen molar-refractivity contribution in [2.45, 2.75) is 51.5 Å². The maximum Gasteiger partial charge on any atom is 0.257 e. The predicted octanol–water partition coefficient (Wildman–Crippen LogP) is 4.61. The Hall–Kier alpha value is -2.53. The Morgan fingerprint density at radius 2 is 2.11 bits per heavy atom. The molecule has 3 atom stereocenters. The number of benzene rings is 2. The molecule has 0 spiro atoms. The standard InChI is InChI=1S/C23H28N2O3/c1-3-16(2)28-18-9-6-8-17(14-18)22-24-21-12-5-4-11-20(21)23(26)25(22)15-19-10-7-13-27-19/h4-6,8-9,11-12,14,16,19,22,24H,3,7,10,13,15H2,1-2H3. The first-order valence-electron chi connectivity index (χ1n) is 10.2. The van der Waals surface area contributed by atoms with E-state index in [2.05, 4.69) is 19.2 Å². The summed E-state index contributed by atoms with van der Waals surface area (Å²) in [5, 5.41) is 3.56. The van der Waals surface area contributed by atoms with Crippen LogP contribution in [-0.4, -0.2) is 36.2 Å². The van der Waals surface area contributed by atoms with Crippen LogP contribution in [0, 0.1) is 0 Å². The minimum atomic E-state index is -0.243. The number of hydrogen-bond donors (Lipinski definition) is 1. The van der Waals surface area contributed by atoms with Crippen molar-refractivity contribution < 1.29 is 14.3 Å². The fourth-order valence-electron chi connectivity index (χ4n) is 3.83. The third-order valence-electron chi connectivity index (χ3n) is 5.53. The summed E-state index contributed by atoms with van der Waals surface area (Å²) in [5.74, 6) is 0.875. The van der Waals surface area contributed by atoms with Crippen LogP contribution in [0.1, 0.15) is 55.2 Å². The summed E-state index contributed by atoms with van der Waals surface area (Å²) in [6.07, 6.45) is 3.00. The summed E-state index contributed by atoms with van der Waals surface area (Å²) in [6, 6.07) is 15.7. The fourth-order valence-corrected chi connectivity index (χ4v) is 3.83. The summed E-state index contributed by atoms with van der Waals surface area (Å²) in [7, 11) is 0. The van der Waals surface area contributed by atoms with E-state index in [4.69, 9.17) is 9.47 Å². The number of anilines is 1. The molecule has 28 heavy (non-hydrogen) atoms. The monoisotopic (exact) mass is 380 g/mol. The molecule has 2 aromatic carbocycles. The van der Waals surface area contributed by atoms with Crippen molar-refractivity contribution in [2.75, 3.05) is 18.5 Å². The number of carbonyl (C=O) groups excluding carboxylic acids is 1. The van der Waals surface area contributed by atoms with Gasteiger partial charge in [-0.2, -0.15) is 0 Å². The van der Waals surface area contributed by atoms with Crippen LogP contribution in [-0.2, 0) is 4.74 Å². The molecule has 0 radical (unpaired) electrons. The van der Waals surface area contributed by atoms with Gasteiger partial charge in [0.25, 0.3) is 5.91 Å². The van der Waals surface area contributed by atoms with Gasteiger partial charge < -0.3 is 19.7 Å². The highest BCUT2D eigenvalue weighted by atomic mass is 16.5. The van der Waals surface area contributed by atoms with E-state index in [1.165, 1.54) is 0 Å². The number of ether oxygens (including phenoxy) is 2. The van der Waals surface area contributed by atoms with Gasteiger partial charge >= 0.3 is 0 Å².